The van der Waals surface area contributed by atoms with E-state index in [1.54, 1.807) is 0 Å². The fourth-order valence-electron chi connectivity index (χ4n) is 4.04. The fourth-order valence-corrected chi connectivity index (χ4v) is 4.04. The van der Waals surface area contributed by atoms with Gasteiger partial charge in [0.05, 0.1) is 12.7 Å². The summed E-state index contributed by atoms with van der Waals surface area (Å²) in [6.45, 7) is 5.44. The van der Waals surface area contributed by atoms with Crippen LogP contribution in [0.1, 0.15) is 45.4 Å². The number of carbonyl (C=O) groups is 1. The molecule has 1 aliphatic carbocycles. The lowest BCUT2D eigenvalue weighted by Gasteiger charge is -2.35. The summed E-state index contributed by atoms with van der Waals surface area (Å²) >= 11 is 0. The van der Waals surface area contributed by atoms with Gasteiger partial charge in [0, 0.05) is 19.6 Å². The van der Waals surface area contributed by atoms with Gasteiger partial charge in [-0.2, -0.15) is 0 Å². The topological polar surface area (TPSA) is 41.6 Å². The first-order valence-electron chi connectivity index (χ1n) is 7.84. The minimum Gasteiger partial charge on any atom is -0.375 e. The van der Waals surface area contributed by atoms with Crippen molar-refractivity contribution < 1.29 is 9.53 Å². The first-order valence-corrected chi connectivity index (χ1v) is 7.84. The second-order valence-electron chi connectivity index (χ2n) is 6.58. The van der Waals surface area contributed by atoms with Crippen molar-refractivity contribution in [2.24, 2.45) is 5.41 Å². The summed E-state index contributed by atoms with van der Waals surface area (Å²) in [5.41, 5.74) is 0.451. The van der Waals surface area contributed by atoms with Crippen molar-refractivity contribution in [3.63, 3.8) is 0 Å². The van der Waals surface area contributed by atoms with Gasteiger partial charge in [-0.3, -0.25) is 4.79 Å². The third kappa shape index (κ3) is 3.12. The van der Waals surface area contributed by atoms with Crippen LogP contribution in [0.25, 0.3) is 0 Å². The number of morpholine rings is 1. The fraction of sp³-hybridized carbons (Fsp3) is 0.933. The van der Waals surface area contributed by atoms with Crippen molar-refractivity contribution in [2.75, 3.05) is 26.2 Å². The number of nitrogens with one attached hydrogen (secondary N) is 1. The predicted octanol–water partition coefficient (Wildman–Crippen LogP) is 1.97. The van der Waals surface area contributed by atoms with E-state index in [2.05, 4.69) is 10.2 Å². The smallest absolute Gasteiger partial charge is 0.242 e. The van der Waals surface area contributed by atoms with Crippen LogP contribution in [0.15, 0.2) is 0 Å². The van der Waals surface area contributed by atoms with E-state index < -0.39 is 0 Å². The predicted molar refractivity (Wildman–Crippen MR) is 81.2 cm³/mol. The summed E-state index contributed by atoms with van der Waals surface area (Å²) < 4.78 is 5.60. The Bertz CT molecular complexity index is 345. The van der Waals surface area contributed by atoms with Gasteiger partial charge in [-0.25, -0.2) is 0 Å². The summed E-state index contributed by atoms with van der Waals surface area (Å²) in [5, 5.41) is 3.32. The Hall–Kier alpha value is -0.320. The molecule has 5 heteroatoms. The van der Waals surface area contributed by atoms with Gasteiger partial charge in [0.2, 0.25) is 5.91 Å². The maximum atomic E-state index is 12.6. The highest BCUT2D eigenvalue weighted by Gasteiger charge is 2.42. The standard InChI is InChI=1S/C15H26N2O2.ClH/c1-12-13(16-8-10-19-12)14(18)17-9-7-15(11-17)5-3-2-4-6-15;/h12-13,16H,2-11H2,1H3;1H/t12-,13+;/m1./s1. The third-order valence-corrected chi connectivity index (χ3v) is 5.25. The number of ether oxygens (including phenoxy) is 1. The highest BCUT2D eigenvalue weighted by Crippen LogP contribution is 2.43. The SMILES string of the molecule is C[C@H]1OCCN[C@@H]1C(=O)N1CCC2(CCCCC2)C1.Cl. The second-order valence-corrected chi connectivity index (χ2v) is 6.58. The van der Waals surface area contributed by atoms with Crippen molar-refractivity contribution in [1.82, 2.24) is 10.2 Å². The number of nitrogens with zero attached hydrogens (tertiary/aromatic N) is 1. The summed E-state index contributed by atoms with van der Waals surface area (Å²) in [5.74, 6) is 0.259. The molecule has 2 saturated heterocycles. The third-order valence-electron chi connectivity index (χ3n) is 5.25. The molecule has 3 rings (SSSR count). The molecule has 1 amide bonds. The van der Waals surface area contributed by atoms with E-state index in [9.17, 15) is 4.79 Å². The Balaban J connectivity index is 0.00000147. The van der Waals surface area contributed by atoms with Gasteiger partial charge in [-0.1, -0.05) is 19.3 Å². The van der Waals surface area contributed by atoms with E-state index in [1.165, 1.54) is 38.5 Å². The molecule has 2 aliphatic heterocycles. The number of amides is 1. The average molecular weight is 303 g/mol. The Morgan fingerprint density at radius 3 is 2.70 bits per heavy atom. The van der Waals surface area contributed by atoms with Gasteiger partial charge in [-0.05, 0) is 31.6 Å². The van der Waals surface area contributed by atoms with Crippen LogP contribution < -0.4 is 5.32 Å². The van der Waals surface area contributed by atoms with Crippen LogP contribution in [0.4, 0.5) is 0 Å². The normalized spacial score (nSPS) is 33.0. The molecule has 116 valence electrons. The van der Waals surface area contributed by atoms with Gasteiger partial charge in [0.15, 0.2) is 0 Å². The number of carbonyl (C=O) groups excluding carboxylic acids is 1. The quantitative estimate of drug-likeness (QED) is 0.805. The highest BCUT2D eigenvalue weighted by atomic mass is 35.5. The van der Waals surface area contributed by atoms with Crippen LogP contribution in [-0.2, 0) is 9.53 Å². The molecule has 1 spiro atoms. The van der Waals surface area contributed by atoms with Crippen molar-refractivity contribution >= 4 is 18.3 Å². The maximum Gasteiger partial charge on any atom is 0.242 e. The number of likely N-dealkylation sites (tertiary alicyclic amines) is 1. The molecule has 3 fully saturated rings. The number of hydrogen-bond acceptors (Lipinski definition) is 3. The summed E-state index contributed by atoms with van der Waals surface area (Å²) in [7, 11) is 0. The molecule has 0 aromatic carbocycles. The van der Waals surface area contributed by atoms with Crippen LogP contribution >= 0.6 is 12.4 Å². The first kappa shape index (κ1) is 16.1. The van der Waals surface area contributed by atoms with E-state index in [4.69, 9.17) is 4.74 Å². The lowest BCUT2D eigenvalue weighted by molar-refractivity contribution is -0.138. The average Bonchev–Trinajstić information content (AvgIpc) is 2.83. The Kier molecular flexibility index (Phi) is 5.32. The largest absolute Gasteiger partial charge is 0.375 e. The Morgan fingerprint density at radius 1 is 1.25 bits per heavy atom. The van der Waals surface area contributed by atoms with Crippen molar-refractivity contribution in [3.8, 4) is 0 Å². The van der Waals surface area contributed by atoms with E-state index in [0.29, 0.717) is 5.41 Å². The molecular formula is C15H27ClN2O2. The molecule has 20 heavy (non-hydrogen) atoms. The van der Waals surface area contributed by atoms with Crippen molar-refractivity contribution in [1.29, 1.82) is 0 Å². The summed E-state index contributed by atoms with van der Waals surface area (Å²) in [4.78, 5) is 14.7. The van der Waals surface area contributed by atoms with Gasteiger partial charge in [0.25, 0.3) is 0 Å². The lowest BCUT2D eigenvalue weighted by atomic mass is 9.73. The first-order chi connectivity index (χ1) is 9.20. The van der Waals surface area contributed by atoms with Crippen LogP contribution in [0, 0.1) is 5.41 Å². The minimum atomic E-state index is -0.132. The van der Waals surface area contributed by atoms with E-state index in [1.807, 2.05) is 6.92 Å². The van der Waals surface area contributed by atoms with Crippen LogP contribution in [0.5, 0.6) is 0 Å². The molecule has 1 N–H and O–H groups in total. The minimum absolute atomic E-state index is 0. The molecular weight excluding hydrogens is 276 g/mol. The zero-order valence-electron chi connectivity index (χ0n) is 12.4. The summed E-state index contributed by atoms with van der Waals surface area (Å²) in [6, 6.07) is -0.132. The van der Waals surface area contributed by atoms with Gasteiger partial charge in [-0.15, -0.1) is 12.4 Å². The molecule has 4 nitrogen and oxygen atoms in total. The van der Waals surface area contributed by atoms with Gasteiger partial charge < -0.3 is 15.0 Å². The zero-order chi connectivity index (χ0) is 13.3. The number of hydrogen-bond donors (Lipinski definition) is 1. The van der Waals surface area contributed by atoms with Crippen LogP contribution in [0.3, 0.4) is 0 Å². The van der Waals surface area contributed by atoms with Crippen LogP contribution in [0.2, 0.25) is 0 Å². The molecule has 3 aliphatic rings. The zero-order valence-corrected chi connectivity index (χ0v) is 13.2. The molecule has 0 bridgehead atoms. The molecule has 0 radical (unpaired) electrons. The monoisotopic (exact) mass is 302 g/mol. The molecule has 0 unspecified atom stereocenters. The van der Waals surface area contributed by atoms with E-state index in [-0.39, 0.29) is 30.5 Å². The molecule has 2 heterocycles. The van der Waals surface area contributed by atoms with Crippen LogP contribution in [-0.4, -0.2) is 49.2 Å². The van der Waals surface area contributed by atoms with E-state index in [0.717, 1.165) is 26.2 Å². The second kappa shape index (κ2) is 6.63. The maximum absolute atomic E-state index is 12.6. The highest BCUT2D eigenvalue weighted by molar-refractivity contribution is 5.85. The Morgan fingerprint density at radius 2 is 2.00 bits per heavy atom. The van der Waals surface area contributed by atoms with Crippen molar-refractivity contribution in [2.45, 2.75) is 57.6 Å². The molecule has 0 aromatic heterocycles. The lowest BCUT2D eigenvalue weighted by Crippen LogP contribution is -2.56. The Labute approximate surface area is 128 Å². The summed E-state index contributed by atoms with van der Waals surface area (Å²) in [6.07, 6.45) is 7.93. The number of rotatable bonds is 1. The molecule has 1 saturated carbocycles. The number of halogens is 1. The van der Waals surface area contributed by atoms with E-state index >= 15 is 0 Å². The van der Waals surface area contributed by atoms with Gasteiger partial charge >= 0.3 is 0 Å². The molecule has 0 aromatic rings. The molecule has 2 atom stereocenters. The van der Waals surface area contributed by atoms with Crippen molar-refractivity contribution in [3.05, 3.63) is 0 Å². The van der Waals surface area contributed by atoms with Gasteiger partial charge in [0.1, 0.15) is 6.04 Å².